The second kappa shape index (κ2) is 5.90. The molecule has 0 aliphatic heterocycles. The van der Waals surface area contributed by atoms with Crippen molar-refractivity contribution in [3.05, 3.63) is 35.4 Å². The number of methoxy groups -OCH3 is 1. The van der Waals surface area contributed by atoms with Crippen LogP contribution < -0.4 is 5.32 Å². The van der Waals surface area contributed by atoms with Gasteiger partial charge in [-0.3, -0.25) is 4.79 Å². The highest BCUT2D eigenvalue weighted by Crippen LogP contribution is 2.06. The molecule has 0 aliphatic rings. The zero-order valence-corrected chi connectivity index (χ0v) is 9.45. The molecule has 0 saturated carbocycles. The van der Waals surface area contributed by atoms with Crippen molar-refractivity contribution in [2.75, 3.05) is 13.7 Å². The first kappa shape index (κ1) is 12.2. The van der Waals surface area contributed by atoms with E-state index in [1.807, 2.05) is 6.92 Å². The van der Waals surface area contributed by atoms with Crippen molar-refractivity contribution in [1.82, 2.24) is 5.32 Å². The Kier molecular flexibility index (Phi) is 4.51. The Morgan fingerprint density at radius 1 is 1.31 bits per heavy atom. The Hall–Kier alpha value is -1.84. The highest BCUT2D eigenvalue weighted by Gasteiger charge is 2.09. The molecule has 0 aliphatic carbocycles. The van der Waals surface area contributed by atoms with Crippen LogP contribution in [0, 0.1) is 0 Å². The fourth-order valence-electron chi connectivity index (χ4n) is 1.25. The summed E-state index contributed by atoms with van der Waals surface area (Å²) < 4.78 is 4.58. The van der Waals surface area contributed by atoms with Gasteiger partial charge in [0.05, 0.1) is 12.7 Å². The standard InChI is InChI=1S/C12H15NO3/c1-3-7-13-11(14)9-5-4-6-10(8-9)12(15)16-2/h4-6,8H,3,7H2,1-2H3,(H,13,14). The van der Waals surface area contributed by atoms with Gasteiger partial charge in [-0.2, -0.15) is 0 Å². The van der Waals surface area contributed by atoms with E-state index in [0.717, 1.165) is 6.42 Å². The van der Waals surface area contributed by atoms with Crippen LogP contribution in [0.15, 0.2) is 24.3 Å². The molecule has 0 saturated heterocycles. The lowest BCUT2D eigenvalue weighted by Gasteiger charge is -2.04. The number of ether oxygens (including phenoxy) is 1. The minimum atomic E-state index is -0.440. The minimum absolute atomic E-state index is 0.174. The van der Waals surface area contributed by atoms with E-state index in [4.69, 9.17) is 0 Å². The van der Waals surface area contributed by atoms with Crippen molar-refractivity contribution >= 4 is 11.9 Å². The third-order valence-electron chi connectivity index (χ3n) is 2.08. The smallest absolute Gasteiger partial charge is 0.337 e. The fourth-order valence-corrected chi connectivity index (χ4v) is 1.25. The topological polar surface area (TPSA) is 55.4 Å². The Bertz CT molecular complexity index is 388. The van der Waals surface area contributed by atoms with E-state index >= 15 is 0 Å². The van der Waals surface area contributed by atoms with Crippen molar-refractivity contribution < 1.29 is 14.3 Å². The molecule has 0 atom stereocenters. The maximum Gasteiger partial charge on any atom is 0.337 e. The molecule has 0 bridgehead atoms. The van der Waals surface area contributed by atoms with Crippen LogP contribution in [-0.4, -0.2) is 25.5 Å². The highest BCUT2D eigenvalue weighted by atomic mass is 16.5. The lowest BCUT2D eigenvalue weighted by atomic mass is 10.1. The monoisotopic (exact) mass is 221 g/mol. The molecule has 0 fully saturated rings. The average molecular weight is 221 g/mol. The van der Waals surface area contributed by atoms with Crippen molar-refractivity contribution in [3.63, 3.8) is 0 Å². The van der Waals surface area contributed by atoms with Gasteiger partial charge in [0.25, 0.3) is 5.91 Å². The Labute approximate surface area is 94.6 Å². The molecule has 0 spiro atoms. The Morgan fingerprint density at radius 3 is 2.62 bits per heavy atom. The number of amides is 1. The van der Waals surface area contributed by atoms with E-state index in [1.54, 1.807) is 18.2 Å². The van der Waals surface area contributed by atoms with Crippen LogP contribution in [0.25, 0.3) is 0 Å². The lowest BCUT2D eigenvalue weighted by molar-refractivity contribution is 0.0600. The summed E-state index contributed by atoms with van der Waals surface area (Å²) >= 11 is 0. The summed E-state index contributed by atoms with van der Waals surface area (Å²) in [6.07, 6.45) is 0.877. The van der Waals surface area contributed by atoms with E-state index in [2.05, 4.69) is 10.1 Å². The van der Waals surface area contributed by atoms with Crippen molar-refractivity contribution in [1.29, 1.82) is 0 Å². The van der Waals surface area contributed by atoms with Crippen LogP contribution in [0.1, 0.15) is 34.1 Å². The molecule has 1 N–H and O–H groups in total. The molecular weight excluding hydrogens is 206 g/mol. The summed E-state index contributed by atoms with van der Waals surface area (Å²) in [6, 6.07) is 6.46. The molecule has 0 aromatic heterocycles. The van der Waals surface area contributed by atoms with Crippen molar-refractivity contribution in [2.24, 2.45) is 0 Å². The van der Waals surface area contributed by atoms with Gasteiger partial charge in [0.1, 0.15) is 0 Å². The highest BCUT2D eigenvalue weighted by molar-refractivity contribution is 5.97. The van der Waals surface area contributed by atoms with Crippen LogP contribution in [-0.2, 0) is 4.74 Å². The van der Waals surface area contributed by atoms with Gasteiger partial charge in [0, 0.05) is 12.1 Å². The summed E-state index contributed by atoms with van der Waals surface area (Å²) in [4.78, 5) is 22.9. The van der Waals surface area contributed by atoms with Gasteiger partial charge in [-0.25, -0.2) is 4.79 Å². The molecule has 4 heteroatoms. The number of carbonyl (C=O) groups is 2. The number of nitrogens with one attached hydrogen (secondary N) is 1. The number of hydrogen-bond acceptors (Lipinski definition) is 3. The molecule has 0 radical (unpaired) electrons. The third-order valence-corrected chi connectivity index (χ3v) is 2.08. The van der Waals surface area contributed by atoms with E-state index in [9.17, 15) is 9.59 Å². The molecule has 1 aromatic rings. The first-order valence-corrected chi connectivity index (χ1v) is 5.15. The number of esters is 1. The van der Waals surface area contributed by atoms with Crippen LogP contribution in [0.2, 0.25) is 0 Å². The van der Waals surface area contributed by atoms with Gasteiger partial charge >= 0.3 is 5.97 Å². The quantitative estimate of drug-likeness (QED) is 0.786. The van der Waals surface area contributed by atoms with Crippen LogP contribution in [0.4, 0.5) is 0 Å². The van der Waals surface area contributed by atoms with Gasteiger partial charge in [-0.15, -0.1) is 0 Å². The number of hydrogen-bond donors (Lipinski definition) is 1. The average Bonchev–Trinajstić information content (AvgIpc) is 2.35. The first-order valence-electron chi connectivity index (χ1n) is 5.15. The normalized spacial score (nSPS) is 9.62. The SMILES string of the molecule is CCCNC(=O)c1cccc(C(=O)OC)c1. The predicted octanol–water partition coefficient (Wildman–Crippen LogP) is 1.61. The van der Waals surface area contributed by atoms with Gasteiger partial charge in [0.15, 0.2) is 0 Å². The maximum absolute atomic E-state index is 11.6. The summed E-state index contributed by atoms with van der Waals surface area (Å²) in [5.41, 5.74) is 0.850. The second-order valence-electron chi connectivity index (χ2n) is 3.33. The molecule has 0 heterocycles. The van der Waals surface area contributed by atoms with E-state index in [0.29, 0.717) is 17.7 Å². The Balaban J connectivity index is 2.81. The molecule has 1 rings (SSSR count). The van der Waals surface area contributed by atoms with Crippen LogP contribution >= 0.6 is 0 Å². The molecule has 16 heavy (non-hydrogen) atoms. The van der Waals surface area contributed by atoms with Crippen LogP contribution in [0.3, 0.4) is 0 Å². The second-order valence-corrected chi connectivity index (χ2v) is 3.33. The molecule has 1 amide bonds. The zero-order valence-electron chi connectivity index (χ0n) is 9.45. The molecule has 1 aromatic carbocycles. The number of carbonyl (C=O) groups excluding carboxylic acids is 2. The number of benzene rings is 1. The molecule has 0 unspecified atom stereocenters. The van der Waals surface area contributed by atoms with Crippen LogP contribution in [0.5, 0.6) is 0 Å². The van der Waals surface area contributed by atoms with Gasteiger partial charge in [-0.1, -0.05) is 13.0 Å². The fraction of sp³-hybridized carbons (Fsp3) is 0.333. The summed E-state index contributed by atoms with van der Waals surface area (Å²) in [7, 11) is 1.31. The lowest BCUT2D eigenvalue weighted by Crippen LogP contribution is -2.24. The van der Waals surface area contributed by atoms with Gasteiger partial charge in [-0.05, 0) is 24.6 Å². The maximum atomic E-state index is 11.6. The zero-order chi connectivity index (χ0) is 12.0. The summed E-state index contributed by atoms with van der Waals surface area (Å²) in [5, 5.41) is 2.74. The molecule has 86 valence electrons. The predicted molar refractivity (Wildman–Crippen MR) is 60.4 cm³/mol. The summed E-state index contributed by atoms with van der Waals surface area (Å²) in [6.45, 7) is 2.60. The number of rotatable bonds is 4. The Morgan fingerprint density at radius 2 is 2.00 bits per heavy atom. The van der Waals surface area contributed by atoms with E-state index in [1.165, 1.54) is 13.2 Å². The van der Waals surface area contributed by atoms with Gasteiger partial charge < -0.3 is 10.1 Å². The minimum Gasteiger partial charge on any atom is -0.465 e. The third kappa shape index (κ3) is 3.08. The van der Waals surface area contributed by atoms with Crippen molar-refractivity contribution in [2.45, 2.75) is 13.3 Å². The largest absolute Gasteiger partial charge is 0.465 e. The van der Waals surface area contributed by atoms with Gasteiger partial charge in [0.2, 0.25) is 0 Å². The molecular formula is C12H15NO3. The van der Waals surface area contributed by atoms with E-state index in [-0.39, 0.29) is 5.91 Å². The first-order chi connectivity index (χ1) is 7.69. The van der Waals surface area contributed by atoms with Crippen molar-refractivity contribution in [3.8, 4) is 0 Å². The summed E-state index contributed by atoms with van der Waals surface area (Å²) in [5.74, 6) is -0.613. The molecule has 4 nitrogen and oxygen atoms in total. The van der Waals surface area contributed by atoms with E-state index < -0.39 is 5.97 Å².